The van der Waals surface area contributed by atoms with Gasteiger partial charge in [0.05, 0.1) is 0 Å². The number of oxazole rings is 1. The molecule has 6 heteroatoms. The van der Waals surface area contributed by atoms with Crippen LogP contribution in [0.25, 0.3) is 11.1 Å². The second kappa shape index (κ2) is 6.91. The molecule has 118 valence electrons. The molecular formula is C17H18N4O2. The van der Waals surface area contributed by atoms with Crippen LogP contribution in [0.4, 0.5) is 10.5 Å². The van der Waals surface area contributed by atoms with Gasteiger partial charge < -0.3 is 15.1 Å². The Morgan fingerprint density at radius 3 is 2.96 bits per heavy atom. The van der Waals surface area contributed by atoms with Gasteiger partial charge in [-0.1, -0.05) is 13.0 Å². The monoisotopic (exact) mass is 310 g/mol. The summed E-state index contributed by atoms with van der Waals surface area (Å²) >= 11 is 0. The van der Waals surface area contributed by atoms with Gasteiger partial charge in [0.1, 0.15) is 5.52 Å². The first-order valence-corrected chi connectivity index (χ1v) is 7.59. The number of amides is 2. The summed E-state index contributed by atoms with van der Waals surface area (Å²) in [6.45, 7) is 2.51. The van der Waals surface area contributed by atoms with Crippen molar-refractivity contribution in [1.82, 2.24) is 15.3 Å². The normalized spacial score (nSPS) is 10.7. The molecule has 0 radical (unpaired) electrons. The summed E-state index contributed by atoms with van der Waals surface area (Å²) in [6.07, 6.45) is 3.18. The van der Waals surface area contributed by atoms with E-state index >= 15 is 0 Å². The molecule has 2 N–H and O–H groups in total. The lowest BCUT2D eigenvalue weighted by molar-refractivity contribution is 0.252. The standard InChI is InChI=1S/C17H18N4O2/c1-2-16-21-14-11-13(6-7-15(14)23-16)20-17(22)19-10-8-12-5-3-4-9-18-12/h3-7,9,11H,2,8,10H2,1H3,(H2,19,20,22). The van der Waals surface area contributed by atoms with Gasteiger partial charge in [0.15, 0.2) is 11.5 Å². The van der Waals surface area contributed by atoms with Gasteiger partial charge in [-0.25, -0.2) is 9.78 Å². The predicted molar refractivity (Wildman–Crippen MR) is 88.3 cm³/mol. The zero-order valence-electron chi connectivity index (χ0n) is 12.9. The van der Waals surface area contributed by atoms with E-state index in [0.29, 0.717) is 24.5 Å². The lowest BCUT2D eigenvalue weighted by Gasteiger charge is -2.07. The number of rotatable bonds is 5. The molecule has 3 rings (SSSR count). The SMILES string of the molecule is CCc1nc2cc(NC(=O)NCCc3ccccn3)ccc2o1. The first-order valence-electron chi connectivity index (χ1n) is 7.59. The second-order valence-electron chi connectivity index (χ2n) is 5.10. The van der Waals surface area contributed by atoms with Gasteiger partial charge in [-0.15, -0.1) is 0 Å². The number of nitrogens with zero attached hydrogens (tertiary/aromatic N) is 2. The number of fused-ring (bicyclic) bond motifs is 1. The maximum absolute atomic E-state index is 11.9. The van der Waals surface area contributed by atoms with E-state index < -0.39 is 0 Å². The van der Waals surface area contributed by atoms with Crippen molar-refractivity contribution < 1.29 is 9.21 Å². The Labute approximate surface area is 133 Å². The number of carbonyl (C=O) groups is 1. The zero-order valence-corrected chi connectivity index (χ0v) is 12.9. The number of hydrogen-bond donors (Lipinski definition) is 2. The van der Waals surface area contributed by atoms with Gasteiger partial charge in [-0.05, 0) is 30.3 Å². The minimum atomic E-state index is -0.250. The van der Waals surface area contributed by atoms with E-state index in [0.717, 1.165) is 23.2 Å². The molecule has 0 aliphatic rings. The van der Waals surface area contributed by atoms with Crippen LogP contribution >= 0.6 is 0 Å². The van der Waals surface area contributed by atoms with Gasteiger partial charge in [0, 0.05) is 37.0 Å². The molecule has 2 heterocycles. The van der Waals surface area contributed by atoms with Gasteiger partial charge in [0.2, 0.25) is 0 Å². The Balaban J connectivity index is 1.55. The molecule has 6 nitrogen and oxygen atoms in total. The highest BCUT2D eigenvalue weighted by Crippen LogP contribution is 2.20. The lowest BCUT2D eigenvalue weighted by atomic mass is 10.3. The van der Waals surface area contributed by atoms with Crippen LogP contribution in [0.1, 0.15) is 18.5 Å². The Hall–Kier alpha value is -2.89. The van der Waals surface area contributed by atoms with E-state index in [1.807, 2.05) is 31.2 Å². The smallest absolute Gasteiger partial charge is 0.319 e. The molecule has 0 aliphatic heterocycles. The number of aromatic nitrogens is 2. The Bertz CT molecular complexity index is 799. The Kier molecular flexibility index (Phi) is 4.52. The van der Waals surface area contributed by atoms with Crippen molar-refractivity contribution in [2.45, 2.75) is 19.8 Å². The van der Waals surface area contributed by atoms with Crippen molar-refractivity contribution in [2.24, 2.45) is 0 Å². The number of aryl methyl sites for hydroxylation is 1. The fourth-order valence-corrected chi connectivity index (χ4v) is 2.23. The summed E-state index contributed by atoms with van der Waals surface area (Å²) in [5, 5.41) is 5.61. The fraction of sp³-hybridized carbons (Fsp3) is 0.235. The summed E-state index contributed by atoms with van der Waals surface area (Å²) in [6, 6.07) is 10.9. The molecule has 23 heavy (non-hydrogen) atoms. The zero-order chi connectivity index (χ0) is 16.1. The summed E-state index contributed by atoms with van der Waals surface area (Å²) in [5.41, 5.74) is 3.10. The molecule has 2 amide bonds. The van der Waals surface area contributed by atoms with Crippen LogP contribution in [0.15, 0.2) is 47.0 Å². The number of hydrogen-bond acceptors (Lipinski definition) is 4. The minimum Gasteiger partial charge on any atom is -0.441 e. The third kappa shape index (κ3) is 3.85. The minimum absolute atomic E-state index is 0.250. The van der Waals surface area contributed by atoms with Gasteiger partial charge in [-0.3, -0.25) is 4.98 Å². The quantitative estimate of drug-likeness (QED) is 0.758. The summed E-state index contributed by atoms with van der Waals surface area (Å²) in [7, 11) is 0. The molecule has 2 aromatic heterocycles. The first-order chi connectivity index (χ1) is 11.2. The predicted octanol–water partition coefficient (Wildman–Crippen LogP) is 3.15. The van der Waals surface area contributed by atoms with E-state index in [-0.39, 0.29) is 6.03 Å². The highest BCUT2D eigenvalue weighted by atomic mass is 16.3. The Morgan fingerprint density at radius 1 is 1.26 bits per heavy atom. The van der Waals surface area contributed by atoms with E-state index in [1.165, 1.54) is 0 Å². The molecular weight excluding hydrogens is 292 g/mol. The maximum Gasteiger partial charge on any atom is 0.319 e. The van der Waals surface area contributed by atoms with Crippen LogP contribution in [0.3, 0.4) is 0 Å². The van der Waals surface area contributed by atoms with E-state index in [1.54, 1.807) is 18.3 Å². The number of carbonyl (C=O) groups excluding carboxylic acids is 1. The molecule has 0 saturated carbocycles. The van der Waals surface area contributed by atoms with E-state index in [4.69, 9.17) is 4.42 Å². The number of urea groups is 1. The third-order valence-electron chi connectivity index (χ3n) is 3.39. The van der Waals surface area contributed by atoms with Gasteiger partial charge in [0.25, 0.3) is 0 Å². The molecule has 0 spiro atoms. The van der Waals surface area contributed by atoms with Crippen LogP contribution in [0.2, 0.25) is 0 Å². The lowest BCUT2D eigenvalue weighted by Crippen LogP contribution is -2.30. The molecule has 3 aromatic rings. The largest absolute Gasteiger partial charge is 0.441 e. The highest BCUT2D eigenvalue weighted by molar-refractivity contribution is 5.91. The van der Waals surface area contributed by atoms with Crippen LogP contribution in [-0.2, 0) is 12.8 Å². The van der Waals surface area contributed by atoms with Crippen LogP contribution in [-0.4, -0.2) is 22.5 Å². The molecule has 0 fully saturated rings. The van der Waals surface area contributed by atoms with Crippen molar-refractivity contribution in [3.05, 3.63) is 54.2 Å². The first kappa shape index (κ1) is 15.0. The number of pyridine rings is 1. The molecule has 0 saturated heterocycles. The number of nitrogens with one attached hydrogen (secondary N) is 2. The van der Waals surface area contributed by atoms with Crippen molar-refractivity contribution in [1.29, 1.82) is 0 Å². The molecule has 0 atom stereocenters. The van der Waals surface area contributed by atoms with Gasteiger partial charge in [-0.2, -0.15) is 0 Å². The van der Waals surface area contributed by atoms with Crippen molar-refractivity contribution >= 4 is 22.8 Å². The average Bonchev–Trinajstić information content (AvgIpc) is 2.98. The van der Waals surface area contributed by atoms with E-state index in [9.17, 15) is 4.79 Å². The summed E-state index contributed by atoms with van der Waals surface area (Å²) in [5.74, 6) is 0.692. The van der Waals surface area contributed by atoms with Crippen molar-refractivity contribution in [3.63, 3.8) is 0 Å². The van der Waals surface area contributed by atoms with Crippen LogP contribution in [0, 0.1) is 0 Å². The maximum atomic E-state index is 11.9. The molecule has 1 aromatic carbocycles. The number of benzene rings is 1. The topological polar surface area (TPSA) is 80.0 Å². The Morgan fingerprint density at radius 2 is 2.17 bits per heavy atom. The van der Waals surface area contributed by atoms with E-state index in [2.05, 4.69) is 20.6 Å². The van der Waals surface area contributed by atoms with Crippen molar-refractivity contribution in [3.8, 4) is 0 Å². The van der Waals surface area contributed by atoms with Gasteiger partial charge >= 0.3 is 6.03 Å². The fourth-order valence-electron chi connectivity index (χ4n) is 2.23. The highest BCUT2D eigenvalue weighted by Gasteiger charge is 2.07. The summed E-state index contributed by atoms with van der Waals surface area (Å²) < 4.78 is 5.54. The number of anilines is 1. The van der Waals surface area contributed by atoms with Crippen LogP contribution < -0.4 is 10.6 Å². The second-order valence-corrected chi connectivity index (χ2v) is 5.10. The molecule has 0 bridgehead atoms. The molecule has 0 unspecified atom stereocenters. The van der Waals surface area contributed by atoms with Crippen molar-refractivity contribution in [2.75, 3.05) is 11.9 Å². The average molecular weight is 310 g/mol. The summed E-state index contributed by atoms with van der Waals surface area (Å²) in [4.78, 5) is 20.5. The molecule has 0 aliphatic carbocycles. The third-order valence-corrected chi connectivity index (χ3v) is 3.39. The van der Waals surface area contributed by atoms with Crippen LogP contribution in [0.5, 0.6) is 0 Å².